The molecule has 0 radical (unpaired) electrons. The lowest BCUT2D eigenvalue weighted by Gasteiger charge is -2.29. The predicted molar refractivity (Wildman–Crippen MR) is 102 cm³/mol. The molecule has 5 nitrogen and oxygen atoms in total. The molecule has 1 fully saturated rings. The fourth-order valence-corrected chi connectivity index (χ4v) is 3.90. The minimum atomic E-state index is 0.272. The van der Waals surface area contributed by atoms with Crippen LogP contribution in [0.25, 0.3) is 0 Å². The molecule has 0 bridgehead atoms. The van der Waals surface area contributed by atoms with Gasteiger partial charge in [0.1, 0.15) is 11.5 Å². The molecular weight excluding hydrogens is 322 g/mol. The van der Waals surface area contributed by atoms with Gasteiger partial charge in [-0.3, -0.25) is 4.99 Å². The molecule has 0 aromatic heterocycles. The second kappa shape index (κ2) is 9.67. The van der Waals surface area contributed by atoms with Gasteiger partial charge in [-0.15, -0.1) is 0 Å². The zero-order valence-electron chi connectivity index (χ0n) is 14.8. The molecule has 2 atom stereocenters. The first-order valence-electron chi connectivity index (χ1n) is 8.52. The van der Waals surface area contributed by atoms with E-state index < -0.39 is 0 Å². The maximum absolute atomic E-state index is 10.0. The monoisotopic (exact) mass is 351 g/mol. The Labute approximate surface area is 149 Å². The van der Waals surface area contributed by atoms with Crippen LogP contribution in [-0.2, 0) is 6.42 Å². The first-order valence-corrected chi connectivity index (χ1v) is 9.81. The zero-order valence-corrected chi connectivity index (χ0v) is 15.7. The molecule has 2 rings (SSSR count). The highest BCUT2D eigenvalue weighted by atomic mass is 32.2. The third-order valence-corrected chi connectivity index (χ3v) is 5.60. The van der Waals surface area contributed by atoms with Crippen LogP contribution in [0.5, 0.6) is 11.5 Å². The number of methoxy groups -OCH3 is 1. The predicted octanol–water partition coefficient (Wildman–Crippen LogP) is 2.78. The molecule has 0 heterocycles. The summed E-state index contributed by atoms with van der Waals surface area (Å²) in [6.45, 7) is 0.720. The van der Waals surface area contributed by atoms with Gasteiger partial charge >= 0.3 is 0 Å². The van der Waals surface area contributed by atoms with Gasteiger partial charge in [-0.2, -0.15) is 11.8 Å². The Kier molecular flexibility index (Phi) is 7.56. The van der Waals surface area contributed by atoms with Crippen molar-refractivity contribution in [2.45, 2.75) is 43.4 Å². The summed E-state index contributed by atoms with van der Waals surface area (Å²) in [5.41, 5.74) is 0.902. The molecule has 134 valence electrons. The average Bonchev–Trinajstić information content (AvgIpc) is 2.62. The molecule has 24 heavy (non-hydrogen) atoms. The summed E-state index contributed by atoms with van der Waals surface area (Å²) >= 11 is 1.97. The summed E-state index contributed by atoms with van der Waals surface area (Å²) in [7, 11) is 3.40. The Morgan fingerprint density at radius 2 is 2.25 bits per heavy atom. The standard InChI is InChI=1S/C18H29N3O2S/c1-19-18(21-14-5-4-6-16(11-14)24-3)20-10-9-13-7-8-15(23-2)12-17(13)22/h7-8,12,14,16,22H,4-6,9-11H2,1-3H3,(H2,19,20,21). The van der Waals surface area contributed by atoms with Crippen molar-refractivity contribution in [1.82, 2.24) is 10.6 Å². The van der Waals surface area contributed by atoms with Crippen molar-refractivity contribution in [3.05, 3.63) is 23.8 Å². The van der Waals surface area contributed by atoms with Crippen molar-refractivity contribution in [2.75, 3.05) is 27.0 Å². The van der Waals surface area contributed by atoms with E-state index in [1.54, 1.807) is 20.2 Å². The maximum Gasteiger partial charge on any atom is 0.191 e. The molecule has 1 aliphatic rings. The van der Waals surface area contributed by atoms with Crippen molar-refractivity contribution >= 4 is 17.7 Å². The summed E-state index contributed by atoms with van der Waals surface area (Å²) < 4.78 is 5.11. The number of thioether (sulfide) groups is 1. The van der Waals surface area contributed by atoms with Crippen LogP contribution in [0.1, 0.15) is 31.2 Å². The van der Waals surface area contributed by atoms with Crippen molar-refractivity contribution in [3.63, 3.8) is 0 Å². The second-order valence-electron chi connectivity index (χ2n) is 6.11. The number of nitrogens with zero attached hydrogens (tertiary/aromatic N) is 1. The number of guanidine groups is 1. The molecule has 1 saturated carbocycles. The number of rotatable bonds is 6. The molecule has 0 spiro atoms. The van der Waals surface area contributed by atoms with Gasteiger partial charge in [0, 0.05) is 31.0 Å². The number of ether oxygens (including phenoxy) is 1. The lowest BCUT2D eigenvalue weighted by atomic mass is 9.95. The molecule has 1 aromatic carbocycles. The van der Waals surface area contributed by atoms with Gasteiger partial charge in [-0.1, -0.05) is 12.5 Å². The fraction of sp³-hybridized carbons (Fsp3) is 0.611. The topological polar surface area (TPSA) is 65.9 Å². The third-order valence-electron chi connectivity index (χ3n) is 4.50. The van der Waals surface area contributed by atoms with E-state index in [-0.39, 0.29) is 5.75 Å². The zero-order chi connectivity index (χ0) is 17.4. The number of aromatic hydroxyl groups is 1. The highest BCUT2D eigenvalue weighted by Gasteiger charge is 2.21. The quantitative estimate of drug-likeness (QED) is 0.543. The second-order valence-corrected chi connectivity index (χ2v) is 7.25. The molecule has 1 aliphatic carbocycles. The molecular formula is C18H29N3O2S. The van der Waals surface area contributed by atoms with E-state index in [0.29, 0.717) is 11.8 Å². The molecule has 6 heteroatoms. The van der Waals surface area contributed by atoms with Crippen molar-refractivity contribution in [1.29, 1.82) is 0 Å². The Balaban J connectivity index is 1.79. The molecule has 0 aliphatic heterocycles. The van der Waals surface area contributed by atoms with E-state index in [9.17, 15) is 5.11 Å². The van der Waals surface area contributed by atoms with Gasteiger partial charge in [0.15, 0.2) is 5.96 Å². The van der Waals surface area contributed by atoms with Gasteiger partial charge in [0.25, 0.3) is 0 Å². The highest BCUT2D eigenvalue weighted by molar-refractivity contribution is 7.99. The number of benzene rings is 1. The normalized spacial score (nSPS) is 21.4. The summed E-state index contributed by atoms with van der Waals surface area (Å²) in [6.07, 6.45) is 7.93. The third kappa shape index (κ3) is 5.51. The van der Waals surface area contributed by atoms with E-state index >= 15 is 0 Å². The van der Waals surface area contributed by atoms with Crippen molar-refractivity contribution < 1.29 is 9.84 Å². The van der Waals surface area contributed by atoms with Crippen LogP contribution >= 0.6 is 11.8 Å². The first-order chi connectivity index (χ1) is 11.7. The Bertz CT molecular complexity index is 551. The van der Waals surface area contributed by atoms with Gasteiger partial charge in [-0.25, -0.2) is 0 Å². The van der Waals surface area contributed by atoms with E-state index in [4.69, 9.17) is 4.74 Å². The molecule has 0 amide bonds. The van der Waals surface area contributed by atoms with Crippen LogP contribution in [0.3, 0.4) is 0 Å². The van der Waals surface area contributed by atoms with Gasteiger partial charge < -0.3 is 20.5 Å². The van der Waals surface area contributed by atoms with Crippen molar-refractivity contribution in [3.8, 4) is 11.5 Å². The summed E-state index contributed by atoms with van der Waals surface area (Å²) in [5.74, 6) is 1.78. The van der Waals surface area contributed by atoms with Gasteiger partial charge in [0.2, 0.25) is 0 Å². The smallest absolute Gasteiger partial charge is 0.191 e. The van der Waals surface area contributed by atoms with Gasteiger partial charge in [-0.05, 0) is 43.6 Å². The minimum absolute atomic E-state index is 0.272. The molecule has 0 saturated heterocycles. The Morgan fingerprint density at radius 1 is 1.42 bits per heavy atom. The Hall–Kier alpha value is -1.56. The molecule has 2 unspecified atom stereocenters. The number of hydrogen-bond donors (Lipinski definition) is 3. The Morgan fingerprint density at radius 3 is 2.92 bits per heavy atom. The SMILES string of the molecule is CN=C(NCCc1ccc(OC)cc1O)NC1CCCC(SC)C1. The van der Waals surface area contributed by atoms with E-state index in [1.807, 2.05) is 23.9 Å². The van der Waals surface area contributed by atoms with E-state index in [2.05, 4.69) is 21.9 Å². The maximum atomic E-state index is 10.0. The largest absolute Gasteiger partial charge is 0.508 e. The number of aliphatic imine (C=N–C) groups is 1. The van der Waals surface area contributed by atoms with Crippen LogP contribution in [-0.4, -0.2) is 49.3 Å². The van der Waals surface area contributed by atoms with Crippen LogP contribution in [0.4, 0.5) is 0 Å². The van der Waals surface area contributed by atoms with Crippen LogP contribution < -0.4 is 15.4 Å². The highest BCUT2D eigenvalue weighted by Crippen LogP contribution is 2.27. The molecule has 1 aromatic rings. The van der Waals surface area contributed by atoms with E-state index in [1.165, 1.54) is 25.7 Å². The lowest BCUT2D eigenvalue weighted by Crippen LogP contribution is -2.46. The number of nitrogens with one attached hydrogen (secondary N) is 2. The number of hydrogen-bond acceptors (Lipinski definition) is 4. The fourth-order valence-electron chi connectivity index (χ4n) is 3.08. The van der Waals surface area contributed by atoms with Crippen molar-refractivity contribution in [2.24, 2.45) is 4.99 Å². The van der Waals surface area contributed by atoms with Gasteiger partial charge in [0.05, 0.1) is 7.11 Å². The summed E-state index contributed by atoms with van der Waals surface area (Å²) in [4.78, 5) is 4.32. The lowest BCUT2D eigenvalue weighted by molar-refractivity contribution is 0.406. The average molecular weight is 352 g/mol. The van der Waals surface area contributed by atoms with Crippen LogP contribution in [0, 0.1) is 0 Å². The van der Waals surface area contributed by atoms with E-state index in [0.717, 1.165) is 29.7 Å². The number of phenols is 1. The summed E-state index contributed by atoms with van der Waals surface area (Å²) in [5, 5.41) is 17.6. The number of phenolic OH excluding ortho intramolecular Hbond substituents is 1. The van der Waals surface area contributed by atoms with Crippen LogP contribution in [0.15, 0.2) is 23.2 Å². The first kappa shape index (κ1) is 18.8. The molecule has 3 N–H and O–H groups in total. The summed E-state index contributed by atoms with van der Waals surface area (Å²) in [6, 6.07) is 5.91. The minimum Gasteiger partial charge on any atom is -0.508 e. The van der Waals surface area contributed by atoms with Crippen LogP contribution in [0.2, 0.25) is 0 Å².